The second kappa shape index (κ2) is 10.1. The lowest BCUT2D eigenvalue weighted by molar-refractivity contribution is 0.0594. The van der Waals surface area contributed by atoms with Gasteiger partial charge in [-0.15, -0.1) is 0 Å². The van der Waals surface area contributed by atoms with Gasteiger partial charge in [0.05, 0.1) is 46.6 Å². The molecule has 2 aromatic heterocycles. The predicted octanol–water partition coefficient (Wildman–Crippen LogP) is 3.87. The Morgan fingerprint density at radius 3 is 1.91 bits per heavy atom. The van der Waals surface area contributed by atoms with Gasteiger partial charge in [-0.2, -0.15) is 0 Å². The number of benzene rings is 2. The van der Waals surface area contributed by atoms with E-state index >= 15 is 0 Å². The number of aryl methyl sites for hydroxylation is 1. The van der Waals surface area contributed by atoms with Crippen LogP contribution in [-0.2, 0) is 11.8 Å². The Bertz CT molecular complexity index is 1350. The zero-order valence-corrected chi connectivity index (χ0v) is 19.7. The summed E-state index contributed by atoms with van der Waals surface area (Å²) in [6.45, 7) is 0. The number of hydrogen-bond acceptors (Lipinski definition) is 7. The van der Waals surface area contributed by atoms with E-state index in [4.69, 9.17) is 24.1 Å². The first-order chi connectivity index (χ1) is 16.3. The zero-order valence-electron chi connectivity index (χ0n) is 19.7. The first kappa shape index (κ1) is 24.3. The molecule has 0 amide bonds. The lowest BCUT2D eigenvalue weighted by Gasteiger charge is -2.06. The normalized spacial score (nSPS) is 10.4. The van der Waals surface area contributed by atoms with Crippen LogP contribution in [-0.4, -0.2) is 62.1 Å². The summed E-state index contributed by atoms with van der Waals surface area (Å²) in [6.07, 6.45) is 0. The minimum absolute atomic E-state index is 0.214. The Labute approximate surface area is 195 Å². The number of nitrogens with one attached hydrogen (secondary N) is 1. The number of nitrogens with zero attached hydrogens (tertiary/aromatic N) is 1. The van der Waals surface area contributed by atoms with Gasteiger partial charge in [-0.25, -0.2) is 9.59 Å². The number of aromatic nitrogens is 2. The highest BCUT2D eigenvalue weighted by Gasteiger charge is 2.16. The van der Waals surface area contributed by atoms with Crippen LogP contribution in [0.1, 0.15) is 21.0 Å². The Hall–Kier alpha value is -4.34. The van der Waals surface area contributed by atoms with Crippen molar-refractivity contribution in [2.75, 3.05) is 35.5 Å². The Balaban J connectivity index is 0.000000191. The molecule has 0 spiro atoms. The number of hydrogen-bond donors (Lipinski definition) is 2. The summed E-state index contributed by atoms with van der Waals surface area (Å²) in [6, 6.07) is 10.4. The molecule has 0 saturated carbocycles. The van der Waals surface area contributed by atoms with E-state index in [1.165, 1.54) is 7.11 Å². The molecule has 0 aliphatic heterocycles. The molecule has 4 aromatic rings. The number of H-pyrrole nitrogens is 1. The number of aromatic amines is 1. The summed E-state index contributed by atoms with van der Waals surface area (Å²) in [7, 11) is 9.28. The largest absolute Gasteiger partial charge is 0.497 e. The van der Waals surface area contributed by atoms with Gasteiger partial charge in [0.25, 0.3) is 0 Å². The fraction of sp³-hybridized carbons (Fsp3) is 0.250. The van der Waals surface area contributed by atoms with Gasteiger partial charge in [-0.1, -0.05) is 0 Å². The lowest BCUT2D eigenvalue weighted by Crippen LogP contribution is -2.03. The van der Waals surface area contributed by atoms with Crippen molar-refractivity contribution < 1.29 is 38.4 Å². The number of carboxylic acids is 1. The van der Waals surface area contributed by atoms with E-state index in [2.05, 4.69) is 9.72 Å². The summed E-state index contributed by atoms with van der Waals surface area (Å²) in [4.78, 5) is 25.4. The molecule has 10 heteroatoms. The van der Waals surface area contributed by atoms with Crippen LogP contribution >= 0.6 is 0 Å². The van der Waals surface area contributed by atoms with Crippen molar-refractivity contribution in [3.05, 3.63) is 47.8 Å². The maximum absolute atomic E-state index is 11.4. The molecule has 2 aromatic carbocycles. The highest BCUT2D eigenvalue weighted by Crippen LogP contribution is 2.33. The van der Waals surface area contributed by atoms with E-state index in [1.54, 1.807) is 76.5 Å². The van der Waals surface area contributed by atoms with Crippen molar-refractivity contribution in [3.63, 3.8) is 0 Å². The number of carbonyl (C=O) groups is 2. The molecule has 0 fully saturated rings. The molecule has 0 radical (unpaired) electrons. The molecule has 0 aliphatic carbocycles. The average molecular weight is 470 g/mol. The second-order valence-electron chi connectivity index (χ2n) is 7.12. The minimum Gasteiger partial charge on any atom is -0.497 e. The van der Waals surface area contributed by atoms with Gasteiger partial charge in [-0.3, -0.25) is 0 Å². The van der Waals surface area contributed by atoms with Crippen molar-refractivity contribution in [3.8, 4) is 23.0 Å². The van der Waals surface area contributed by atoms with Gasteiger partial charge >= 0.3 is 11.9 Å². The van der Waals surface area contributed by atoms with Crippen LogP contribution in [0.25, 0.3) is 21.8 Å². The number of methoxy groups -OCH3 is 5. The quantitative estimate of drug-likeness (QED) is 0.408. The molecule has 34 heavy (non-hydrogen) atoms. The van der Waals surface area contributed by atoms with Gasteiger partial charge in [0.15, 0.2) is 0 Å². The highest BCUT2D eigenvalue weighted by atomic mass is 16.5. The number of carboxylic acid groups (broad SMARTS) is 1. The van der Waals surface area contributed by atoms with E-state index in [-0.39, 0.29) is 5.69 Å². The Morgan fingerprint density at radius 1 is 0.794 bits per heavy atom. The molecule has 2 N–H and O–H groups in total. The monoisotopic (exact) mass is 470 g/mol. The molecule has 2 heterocycles. The third kappa shape index (κ3) is 4.56. The Kier molecular flexibility index (Phi) is 7.20. The van der Waals surface area contributed by atoms with Crippen LogP contribution in [0, 0.1) is 0 Å². The number of esters is 1. The van der Waals surface area contributed by atoms with Crippen LogP contribution in [0.4, 0.5) is 0 Å². The maximum atomic E-state index is 11.4. The van der Waals surface area contributed by atoms with E-state index in [1.807, 2.05) is 0 Å². The molecule has 0 aliphatic rings. The zero-order chi connectivity index (χ0) is 25.0. The molecule has 0 saturated heterocycles. The summed E-state index contributed by atoms with van der Waals surface area (Å²) in [5, 5.41) is 10.6. The molecule has 180 valence electrons. The third-order valence-electron chi connectivity index (χ3n) is 5.31. The number of aromatic carboxylic acids is 1. The van der Waals surface area contributed by atoms with Crippen LogP contribution in [0.3, 0.4) is 0 Å². The smallest absolute Gasteiger partial charge is 0.354 e. The van der Waals surface area contributed by atoms with Crippen molar-refractivity contribution in [2.24, 2.45) is 7.05 Å². The number of ether oxygens (including phenoxy) is 5. The standard InChI is InChI=1S/2C12H13NO4/c1-15-7-4-9-8(11(5-7)16-2)6-10(13-9)12(14)17-3;1-13-9-4-7(16-2)5-11(17-3)8(9)6-10(13)12(14)15/h4-6,13H,1-3H3;4-6H,1-3H3,(H,14,15). The molecule has 10 nitrogen and oxygen atoms in total. The molecule has 4 rings (SSSR count). The van der Waals surface area contributed by atoms with Gasteiger partial charge in [-0.05, 0) is 12.1 Å². The summed E-state index contributed by atoms with van der Waals surface area (Å²) in [5.74, 6) is 1.15. The average Bonchev–Trinajstić information content (AvgIpc) is 3.44. The van der Waals surface area contributed by atoms with E-state index in [0.29, 0.717) is 28.7 Å². The van der Waals surface area contributed by atoms with Crippen molar-refractivity contribution >= 4 is 33.7 Å². The first-order valence-electron chi connectivity index (χ1n) is 10.1. The predicted molar refractivity (Wildman–Crippen MR) is 126 cm³/mol. The fourth-order valence-corrected chi connectivity index (χ4v) is 3.55. The van der Waals surface area contributed by atoms with Crippen molar-refractivity contribution in [1.82, 2.24) is 9.55 Å². The lowest BCUT2D eigenvalue weighted by atomic mass is 10.2. The SMILES string of the molecule is COC(=O)c1cc2c(OC)cc(OC)cc2[nH]1.COc1cc(OC)c2cc(C(=O)O)n(C)c2c1. The van der Waals surface area contributed by atoms with Crippen LogP contribution < -0.4 is 18.9 Å². The van der Waals surface area contributed by atoms with Crippen molar-refractivity contribution in [1.29, 1.82) is 0 Å². The first-order valence-corrected chi connectivity index (χ1v) is 10.1. The molecule has 0 atom stereocenters. The third-order valence-corrected chi connectivity index (χ3v) is 5.31. The topological polar surface area (TPSA) is 121 Å². The second-order valence-corrected chi connectivity index (χ2v) is 7.12. The van der Waals surface area contributed by atoms with Gasteiger partial charge in [0, 0.05) is 42.1 Å². The number of fused-ring (bicyclic) bond motifs is 2. The highest BCUT2D eigenvalue weighted by molar-refractivity contribution is 5.98. The fourth-order valence-electron chi connectivity index (χ4n) is 3.55. The maximum Gasteiger partial charge on any atom is 0.354 e. The van der Waals surface area contributed by atoms with E-state index in [0.717, 1.165) is 21.8 Å². The van der Waals surface area contributed by atoms with Crippen LogP contribution in [0.2, 0.25) is 0 Å². The Morgan fingerprint density at radius 2 is 1.38 bits per heavy atom. The van der Waals surface area contributed by atoms with Gasteiger partial charge in [0.2, 0.25) is 0 Å². The molecule has 0 bridgehead atoms. The van der Waals surface area contributed by atoms with Crippen molar-refractivity contribution in [2.45, 2.75) is 0 Å². The summed E-state index contributed by atoms with van der Waals surface area (Å²) < 4.78 is 27.0. The van der Waals surface area contributed by atoms with E-state index < -0.39 is 11.9 Å². The number of carbonyl (C=O) groups excluding carboxylic acids is 1. The minimum atomic E-state index is -0.968. The molecular weight excluding hydrogens is 444 g/mol. The summed E-state index contributed by atoms with van der Waals surface area (Å²) >= 11 is 0. The van der Waals surface area contributed by atoms with E-state index in [9.17, 15) is 9.59 Å². The van der Waals surface area contributed by atoms with Gasteiger partial charge in [0.1, 0.15) is 34.4 Å². The number of rotatable bonds is 6. The van der Waals surface area contributed by atoms with Crippen LogP contribution in [0.5, 0.6) is 23.0 Å². The van der Waals surface area contributed by atoms with Crippen LogP contribution in [0.15, 0.2) is 36.4 Å². The molecule has 0 unspecified atom stereocenters. The summed E-state index contributed by atoms with van der Waals surface area (Å²) in [5.41, 5.74) is 2.13. The van der Waals surface area contributed by atoms with Gasteiger partial charge < -0.3 is 38.3 Å². The molecular formula is C24H26N2O8.